The molecule has 60 valence electrons. The van der Waals surface area contributed by atoms with Crippen molar-refractivity contribution in [2.75, 3.05) is 11.9 Å². The lowest BCUT2D eigenvalue weighted by Crippen LogP contribution is -2.22. The van der Waals surface area contributed by atoms with E-state index in [9.17, 15) is 0 Å². The molecule has 0 N–H and O–H groups in total. The van der Waals surface area contributed by atoms with Gasteiger partial charge in [0.25, 0.3) is 0 Å². The number of rotatable bonds is 1. The van der Waals surface area contributed by atoms with Crippen LogP contribution in [0.2, 0.25) is 0 Å². The van der Waals surface area contributed by atoms with Crippen molar-refractivity contribution >= 4 is 22.9 Å². The van der Waals surface area contributed by atoms with Gasteiger partial charge in [0.1, 0.15) is 6.07 Å². The lowest BCUT2D eigenvalue weighted by atomic mass is 10.3. The zero-order valence-corrected chi connectivity index (χ0v) is 7.51. The van der Waals surface area contributed by atoms with Crippen LogP contribution in [0.3, 0.4) is 0 Å². The SMILES string of the molecule is CN(C(=S)C#N)c1ccccc1. The average Bonchev–Trinajstić information content (AvgIpc) is 2.17. The first-order chi connectivity index (χ1) is 5.75. The molecule has 0 aliphatic heterocycles. The summed E-state index contributed by atoms with van der Waals surface area (Å²) in [6.45, 7) is 0. The zero-order valence-electron chi connectivity index (χ0n) is 6.69. The molecular formula is C9H8N2S. The number of anilines is 1. The number of nitriles is 1. The van der Waals surface area contributed by atoms with Crippen molar-refractivity contribution in [3.8, 4) is 6.07 Å². The molecule has 0 aliphatic rings. The minimum absolute atomic E-state index is 0.279. The highest BCUT2D eigenvalue weighted by atomic mass is 32.1. The van der Waals surface area contributed by atoms with Crippen LogP contribution in [0.5, 0.6) is 0 Å². The van der Waals surface area contributed by atoms with Crippen molar-refractivity contribution in [2.45, 2.75) is 0 Å². The predicted molar refractivity (Wildman–Crippen MR) is 53.1 cm³/mol. The Labute approximate surface area is 77.0 Å². The molecule has 0 unspecified atom stereocenters. The smallest absolute Gasteiger partial charge is 0.185 e. The van der Waals surface area contributed by atoms with Crippen LogP contribution in [-0.2, 0) is 0 Å². The maximum absolute atomic E-state index is 8.53. The summed E-state index contributed by atoms with van der Waals surface area (Å²) < 4.78 is 0. The van der Waals surface area contributed by atoms with Crippen LogP contribution in [0.1, 0.15) is 0 Å². The zero-order chi connectivity index (χ0) is 8.97. The quantitative estimate of drug-likeness (QED) is 0.612. The third-order valence-electron chi connectivity index (χ3n) is 1.54. The van der Waals surface area contributed by atoms with E-state index in [0.717, 1.165) is 5.69 Å². The van der Waals surface area contributed by atoms with Crippen LogP contribution in [-0.4, -0.2) is 12.0 Å². The van der Waals surface area contributed by atoms with Gasteiger partial charge in [-0.3, -0.25) is 0 Å². The Balaban J connectivity index is 2.87. The van der Waals surface area contributed by atoms with Crippen LogP contribution in [0.25, 0.3) is 0 Å². The molecule has 0 saturated heterocycles. The van der Waals surface area contributed by atoms with Gasteiger partial charge in [0, 0.05) is 12.7 Å². The second-order valence-electron chi connectivity index (χ2n) is 2.31. The van der Waals surface area contributed by atoms with E-state index in [1.54, 1.807) is 11.9 Å². The number of thiocarbonyl (C=S) groups is 1. The Morgan fingerprint density at radius 3 is 2.50 bits per heavy atom. The highest BCUT2D eigenvalue weighted by Crippen LogP contribution is 2.10. The summed E-state index contributed by atoms with van der Waals surface area (Å²) in [5.74, 6) is 0. The molecular weight excluding hydrogens is 168 g/mol. The van der Waals surface area contributed by atoms with Gasteiger partial charge in [-0.25, -0.2) is 0 Å². The minimum Gasteiger partial charge on any atom is -0.327 e. The third kappa shape index (κ3) is 1.80. The molecule has 0 heterocycles. The lowest BCUT2D eigenvalue weighted by Gasteiger charge is -2.14. The normalized spacial score (nSPS) is 8.67. The van der Waals surface area contributed by atoms with E-state index < -0.39 is 0 Å². The Hall–Kier alpha value is -1.40. The number of hydrogen-bond donors (Lipinski definition) is 0. The first-order valence-electron chi connectivity index (χ1n) is 3.48. The van der Waals surface area contributed by atoms with Gasteiger partial charge in [-0.2, -0.15) is 5.26 Å². The summed E-state index contributed by atoms with van der Waals surface area (Å²) in [4.78, 5) is 1.95. The summed E-state index contributed by atoms with van der Waals surface area (Å²) in [5, 5.41) is 8.53. The monoisotopic (exact) mass is 176 g/mol. The van der Waals surface area contributed by atoms with E-state index in [2.05, 4.69) is 0 Å². The van der Waals surface area contributed by atoms with E-state index in [1.165, 1.54) is 0 Å². The highest BCUT2D eigenvalue weighted by molar-refractivity contribution is 7.81. The molecule has 0 aromatic heterocycles. The van der Waals surface area contributed by atoms with Crippen LogP contribution < -0.4 is 4.90 Å². The van der Waals surface area contributed by atoms with Crippen molar-refractivity contribution in [3.05, 3.63) is 30.3 Å². The van der Waals surface area contributed by atoms with E-state index in [4.69, 9.17) is 17.5 Å². The molecule has 3 heteroatoms. The molecule has 0 fully saturated rings. The van der Waals surface area contributed by atoms with Crippen LogP contribution >= 0.6 is 12.2 Å². The summed E-state index contributed by atoms with van der Waals surface area (Å²) in [5.41, 5.74) is 0.934. The van der Waals surface area contributed by atoms with Crippen LogP contribution in [0.4, 0.5) is 5.69 Å². The number of hydrogen-bond acceptors (Lipinski definition) is 2. The molecule has 0 atom stereocenters. The van der Waals surface area contributed by atoms with Gasteiger partial charge in [-0.15, -0.1) is 0 Å². The molecule has 0 bridgehead atoms. The van der Waals surface area contributed by atoms with Gasteiger partial charge in [-0.1, -0.05) is 18.2 Å². The second-order valence-corrected chi connectivity index (χ2v) is 2.70. The fourth-order valence-electron chi connectivity index (χ4n) is 0.844. The van der Waals surface area contributed by atoms with Crippen molar-refractivity contribution in [1.82, 2.24) is 0 Å². The third-order valence-corrected chi connectivity index (χ3v) is 1.91. The highest BCUT2D eigenvalue weighted by Gasteiger charge is 2.03. The Morgan fingerprint density at radius 2 is 2.00 bits per heavy atom. The number of benzene rings is 1. The van der Waals surface area contributed by atoms with Crippen molar-refractivity contribution < 1.29 is 0 Å². The predicted octanol–water partition coefficient (Wildman–Crippen LogP) is 1.97. The van der Waals surface area contributed by atoms with Gasteiger partial charge in [0.05, 0.1) is 0 Å². The summed E-state index contributed by atoms with van der Waals surface area (Å²) in [6.07, 6.45) is 0. The maximum atomic E-state index is 8.53. The topological polar surface area (TPSA) is 27.0 Å². The minimum atomic E-state index is 0.279. The molecule has 2 nitrogen and oxygen atoms in total. The van der Waals surface area contributed by atoms with Gasteiger partial charge in [0.2, 0.25) is 0 Å². The molecule has 12 heavy (non-hydrogen) atoms. The summed E-state index contributed by atoms with van der Waals surface area (Å²) >= 11 is 4.82. The standard InChI is InChI=1S/C9H8N2S/c1-11(9(12)7-10)8-5-3-2-4-6-8/h2-6H,1H3. The summed E-state index contributed by atoms with van der Waals surface area (Å²) in [7, 11) is 1.78. The Kier molecular flexibility index (Phi) is 2.78. The molecule has 0 saturated carbocycles. The molecule has 1 rings (SSSR count). The van der Waals surface area contributed by atoms with Gasteiger partial charge in [-0.05, 0) is 24.4 Å². The van der Waals surface area contributed by atoms with E-state index >= 15 is 0 Å². The van der Waals surface area contributed by atoms with E-state index in [0.29, 0.717) is 0 Å². The first kappa shape index (κ1) is 8.69. The van der Waals surface area contributed by atoms with Crippen LogP contribution in [0.15, 0.2) is 30.3 Å². The van der Waals surface area contributed by atoms with E-state index in [-0.39, 0.29) is 4.99 Å². The average molecular weight is 176 g/mol. The lowest BCUT2D eigenvalue weighted by molar-refractivity contribution is 1.29. The molecule has 1 aromatic rings. The number of nitrogens with zero attached hydrogens (tertiary/aromatic N) is 2. The maximum Gasteiger partial charge on any atom is 0.185 e. The van der Waals surface area contributed by atoms with Crippen LogP contribution in [0, 0.1) is 11.3 Å². The first-order valence-corrected chi connectivity index (χ1v) is 3.89. The summed E-state index contributed by atoms with van der Waals surface area (Å²) in [6, 6.07) is 11.5. The van der Waals surface area contributed by atoms with Gasteiger partial charge in [0.15, 0.2) is 4.99 Å². The molecule has 1 aromatic carbocycles. The molecule has 0 aliphatic carbocycles. The molecule has 0 radical (unpaired) electrons. The second kappa shape index (κ2) is 3.84. The fourth-order valence-corrected chi connectivity index (χ4v) is 0.949. The van der Waals surface area contributed by atoms with Gasteiger partial charge >= 0.3 is 0 Å². The van der Waals surface area contributed by atoms with E-state index in [1.807, 2.05) is 36.4 Å². The molecule has 0 amide bonds. The van der Waals surface area contributed by atoms with Crippen molar-refractivity contribution in [1.29, 1.82) is 5.26 Å². The largest absolute Gasteiger partial charge is 0.327 e. The van der Waals surface area contributed by atoms with Crippen molar-refractivity contribution in [3.63, 3.8) is 0 Å². The Morgan fingerprint density at radius 1 is 1.42 bits per heavy atom. The van der Waals surface area contributed by atoms with Gasteiger partial charge < -0.3 is 4.90 Å². The Bertz CT molecular complexity index is 313. The van der Waals surface area contributed by atoms with Crippen molar-refractivity contribution in [2.24, 2.45) is 0 Å². The molecule has 0 spiro atoms. The fraction of sp³-hybridized carbons (Fsp3) is 0.111. The number of para-hydroxylation sites is 1.